The van der Waals surface area contributed by atoms with E-state index >= 15 is 0 Å². The van der Waals surface area contributed by atoms with Gasteiger partial charge in [0, 0.05) is 49.5 Å². The molecular formula is C16H24ClN3O. The number of piperazine rings is 1. The fourth-order valence-electron chi connectivity index (χ4n) is 3.05. The van der Waals surface area contributed by atoms with Crippen molar-refractivity contribution in [1.82, 2.24) is 10.2 Å². The summed E-state index contributed by atoms with van der Waals surface area (Å²) in [4.78, 5) is 4.97. The molecule has 2 saturated heterocycles. The maximum Gasteiger partial charge on any atom is 0.0620 e. The summed E-state index contributed by atoms with van der Waals surface area (Å²) in [6.45, 7) is 8.28. The molecule has 0 spiro atoms. The van der Waals surface area contributed by atoms with Gasteiger partial charge in [-0.2, -0.15) is 0 Å². The van der Waals surface area contributed by atoms with Crippen molar-refractivity contribution < 1.29 is 4.74 Å². The fraction of sp³-hybridized carbons (Fsp3) is 0.625. The van der Waals surface area contributed by atoms with Crippen molar-refractivity contribution in [2.45, 2.75) is 12.5 Å². The van der Waals surface area contributed by atoms with Gasteiger partial charge < -0.3 is 15.0 Å². The highest BCUT2D eigenvalue weighted by Gasteiger charge is 2.19. The highest BCUT2D eigenvalue weighted by atomic mass is 35.5. The molecule has 0 aromatic heterocycles. The van der Waals surface area contributed by atoms with E-state index in [1.54, 1.807) is 0 Å². The molecule has 3 rings (SSSR count). The monoisotopic (exact) mass is 309 g/mol. The quantitative estimate of drug-likeness (QED) is 0.918. The van der Waals surface area contributed by atoms with Crippen LogP contribution in [0.5, 0.6) is 0 Å². The number of halogens is 1. The lowest BCUT2D eigenvalue weighted by atomic mass is 10.1. The molecular weight excluding hydrogens is 286 g/mol. The summed E-state index contributed by atoms with van der Waals surface area (Å²) in [5.74, 6) is 0. The van der Waals surface area contributed by atoms with E-state index < -0.39 is 0 Å². The zero-order valence-electron chi connectivity index (χ0n) is 12.4. The van der Waals surface area contributed by atoms with Crippen LogP contribution in [0.2, 0.25) is 5.02 Å². The second kappa shape index (κ2) is 7.45. The number of hydrogen-bond acceptors (Lipinski definition) is 4. The van der Waals surface area contributed by atoms with Crippen LogP contribution in [0.15, 0.2) is 24.3 Å². The lowest BCUT2D eigenvalue weighted by molar-refractivity contribution is 0.0696. The van der Waals surface area contributed by atoms with E-state index in [1.165, 1.54) is 12.1 Å². The molecule has 2 aliphatic rings. The highest BCUT2D eigenvalue weighted by molar-refractivity contribution is 6.30. The number of nitrogens with one attached hydrogen (secondary N) is 1. The average molecular weight is 310 g/mol. The van der Waals surface area contributed by atoms with Crippen molar-refractivity contribution in [3.05, 3.63) is 29.3 Å². The topological polar surface area (TPSA) is 27.7 Å². The number of hydrogen-bond donors (Lipinski definition) is 1. The third kappa shape index (κ3) is 4.33. The van der Waals surface area contributed by atoms with Crippen LogP contribution in [0.25, 0.3) is 0 Å². The zero-order valence-corrected chi connectivity index (χ0v) is 13.2. The first kappa shape index (κ1) is 15.1. The largest absolute Gasteiger partial charge is 0.379 e. The first-order valence-corrected chi connectivity index (χ1v) is 8.23. The minimum atomic E-state index is 0.532. The van der Waals surface area contributed by atoms with E-state index in [4.69, 9.17) is 16.3 Å². The molecule has 0 bridgehead atoms. The molecule has 2 aliphatic heterocycles. The molecule has 0 saturated carbocycles. The summed E-state index contributed by atoms with van der Waals surface area (Å²) in [5, 5.41) is 4.34. The van der Waals surface area contributed by atoms with Crippen molar-refractivity contribution in [2.24, 2.45) is 0 Å². The SMILES string of the molecule is Clc1cccc(N2CCN(CCC3COCCN3)CC2)c1. The standard InChI is InChI=1S/C16H24ClN3O/c17-14-2-1-3-16(12-14)20-9-7-19(8-10-20)6-4-15-13-21-11-5-18-15/h1-3,12,15,18H,4-11,13H2. The van der Waals surface area contributed by atoms with Crippen LogP contribution in [0.1, 0.15) is 6.42 Å². The molecule has 1 atom stereocenters. The van der Waals surface area contributed by atoms with Crippen molar-refractivity contribution in [3.63, 3.8) is 0 Å². The van der Waals surface area contributed by atoms with E-state index in [-0.39, 0.29) is 0 Å². The third-order valence-corrected chi connectivity index (χ3v) is 4.57. The molecule has 116 valence electrons. The Bertz CT molecular complexity index is 443. The van der Waals surface area contributed by atoms with Gasteiger partial charge in [-0.25, -0.2) is 0 Å². The van der Waals surface area contributed by atoms with Crippen molar-refractivity contribution in [3.8, 4) is 0 Å². The third-order valence-electron chi connectivity index (χ3n) is 4.34. The van der Waals surface area contributed by atoms with Crippen LogP contribution in [0.3, 0.4) is 0 Å². The number of rotatable bonds is 4. The van der Waals surface area contributed by atoms with Gasteiger partial charge in [0.1, 0.15) is 0 Å². The molecule has 1 unspecified atom stereocenters. The van der Waals surface area contributed by atoms with Gasteiger partial charge in [0.25, 0.3) is 0 Å². The van der Waals surface area contributed by atoms with E-state index in [0.717, 1.165) is 57.5 Å². The van der Waals surface area contributed by atoms with Gasteiger partial charge in [0.05, 0.1) is 13.2 Å². The van der Waals surface area contributed by atoms with Gasteiger partial charge >= 0.3 is 0 Å². The van der Waals surface area contributed by atoms with Crippen molar-refractivity contribution >= 4 is 17.3 Å². The van der Waals surface area contributed by atoms with Crippen LogP contribution in [-0.4, -0.2) is 63.4 Å². The smallest absolute Gasteiger partial charge is 0.0620 e. The number of nitrogens with zero attached hydrogens (tertiary/aromatic N) is 2. The molecule has 2 heterocycles. The Kier molecular flexibility index (Phi) is 5.36. The molecule has 4 nitrogen and oxygen atoms in total. The Morgan fingerprint density at radius 2 is 2.10 bits per heavy atom. The molecule has 21 heavy (non-hydrogen) atoms. The van der Waals surface area contributed by atoms with Crippen LogP contribution < -0.4 is 10.2 Å². The molecule has 1 aromatic carbocycles. The van der Waals surface area contributed by atoms with Gasteiger partial charge in [0.15, 0.2) is 0 Å². The van der Waals surface area contributed by atoms with Crippen LogP contribution in [0, 0.1) is 0 Å². The maximum atomic E-state index is 6.07. The summed E-state index contributed by atoms with van der Waals surface area (Å²) < 4.78 is 5.51. The second-order valence-corrected chi connectivity index (χ2v) is 6.26. The number of morpholine rings is 1. The molecule has 1 N–H and O–H groups in total. The predicted molar refractivity (Wildman–Crippen MR) is 87.3 cm³/mol. The molecule has 0 aliphatic carbocycles. The first-order valence-electron chi connectivity index (χ1n) is 7.85. The molecule has 1 aromatic rings. The Labute approximate surface area is 132 Å². The predicted octanol–water partition coefficient (Wildman–Crippen LogP) is 1.84. The first-order chi connectivity index (χ1) is 10.3. The fourth-order valence-corrected chi connectivity index (χ4v) is 3.23. The van der Waals surface area contributed by atoms with E-state index in [9.17, 15) is 0 Å². The van der Waals surface area contributed by atoms with E-state index in [1.807, 2.05) is 12.1 Å². The van der Waals surface area contributed by atoms with Gasteiger partial charge in [-0.1, -0.05) is 17.7 Å². The maximum absolute atomic E-state index is 6.07. The van der Waals surface area contributed by atoms with Crippen LogP contribution in [-0.2, 0) is 4.74 Å². The Morgan fingerprint density at radius 1 is 1.24 bits per heavy atom. The lowest BCUT2D eigenvalue weighted by Crippen LogP contribution is -2.49. The number of anilines is 1. The van der Waals surface area contributed by atoms with Gasteiger partial charge in [-0.15, -0.1) is 0 Å². The summed E-state index contributed by atoms with van der Waals surface area (Å²) in [6, 6.07) is 8.69. The second-order valence-electron chi connectivity index (χ2n) is 5.82. The van der Waals surface area contributed by atoms with Crippen LogP contribution >= 0.6 is 11.6 Å². The summed E-state index contributed by atoms with van der Waals surface area (Å²) >= 11 is 6.07. The number of ether oxygens (including phenoxy) is 1. The van der Waals surface area contributed by atoms with Gasteiger partial charge in [0.2, 0.25) is 0 Å². The minimum Gasteiger partial charge on any atom is -0.379 e. The summed E-state index contributed by atoms with van der Waals surface area (Å²) in [6.07, 6.45) is 1.18. The zero-order chi connectivity index (χ0) is 14.5. The molecule has 2 fully saturated rings. The summed E-state index contributed by atoms with van der Waals surface area (Å²) in [7, 11) is 0. The van der Waals surface area contributed by atoms with E-state index in [2.05, 4.69) is 27.2 Å². The molecule has 0 amide bonds. The van der Waals surface area contributed by atoms with Crippen LogP contribution in [0.4, 0.5) is 5.69 Å². The normalized spacial score (nSPS) is 24.2. The highest BCUT2D eigenvalue weighted by Crippen LogP contribution is 2.20. The Morgan fingerprint density at radius 3 is 2.81 bits per heavy atom. The van der Waals surface area contributed by atoms with Gasteiger partial charge in [-0.05, 0) is 31.2 Å². The Hall–Kier alpha value is -0.810. The summed E-state index contributed by atoms with van der Waals surface area (Å²) in [5.41, 5.74) is 1.24. The molecule has 0 radical (unpaired) electrons. The van der Waals surface area contributed by atoms with Gasteiger partial charge in [-0.3, -0.25) is 4.90 Å². The molecule has 5 heteroatoms. The lowest BCUT2D eigenvalue weighted by Gasteiger charge is -2.37. The van der Waals surface area contributed by atoms with E-state index in [0.29, 0.717) is 6.04 Å². The van der Waals surface area contributed by atoms with Crippen molar-refractivity contribution in [2.75, 3.05) is 57.4 Å². The number of benzene rings is 1. The minimum absolute atomic E-state index is 0.532. The Balaban J connectivity index is 1.42. The van der Waals surface area contributed by atoms with Crippen molar-refractivity contribution in [1.29, 1.82) is 0 Å². The average Bonchev–Trinajstić information content (AvgIpc) is 2.54.